The van der Waals surface area contributed by atoms with Crippen LogP contribution in [0.4, 0.5) is 17.6 Å². The number of aliphatic hydroxyl groups is 1. The van der Waals surface area contributed by atoms with Crippen LogP contribution in [0.5, 0.6) is 0 Å². The second-order valence-electron chi connectivity index (χ2n) is 5.16. The molecule has 0 spiro atoms. The molecule has 1 N–H and O–H groups in total. The molecule has 0 aliphatic carbocycles. The van der Waals surface area contributed by atoms with Crippen LogP contribution < -0.4 is 0 Å². The summed E-state index contributed by atoms with van der Waals surface area (Å²) in [5.74, 6) is -1.05. The zero-order valence-corrected chi connectivity index (χ0v) is 11.9. The van der Waals surface area contributed by atoms with Gasteiger partial charge in [-0.05, 0) is 37.1 Å². The Morgan fingerprint density at radius 3 is 2.41 bits per heavy atom. The average molecular weight is 318 g/mol. The van der Waals surface area contributed by atoms with Crippen molar-refractivity contribution in [2.24, 2.45) is 5.10 Å². The zero-order chi connectivity index (χ0) is 16.7. The van der Waals surface area contributed by atoms with E-state index in [0.29, 0.717) is 0 Å². The zero-order valence-electron chi connectivity index (χ0n) is 11.9. The van der Waals surface area contributed by atoms with Gasteiger partial charge in [0.1, 0.15) is 5.71 Å². The van der Waals surface area contributed by atoms with Crippen molar-refractivity contribution in [2.45, 2.75) is 38.8 Å². The molecular formula is C14H14F4N2O2. The van der Waals surface area contributed by atoms with Crippen molar-refractivity contribution in [1.82, 2.24) is 5.01 Å². The highest BCUT2D eigenvalue weighted by atomic mass is 19.3. The topological polar surface area (TPSA) is 52.9 Å². The number of carbonyl (C=O) groups is 1. The van der Waals surface area contributed by atoms with Crippen LogP contribution in [-0.2, 0) is 0 Å². The monoisotopic (exact) mass is 318 g/mol. The number of hydrogen-bond donors (Lipinski definition) is 1. The lowest BCUT2D eigenvalue weighted by molar-refractivity contribution is -0.164. The van der Waals surface area contributed by atoms with Gasteiger partial charge in [0.2, 0.25) is 5.72 Å². The Kier molecular flexibility index (Phi) is 4.23. The van der Waals surface area contributed by atoms with E-state index >= 15 is 0 Å². The van der Waals surface area contributed by atoms with E-state index in [-0.39, 0.29) is 10.6 Å². The van der Waals surface area contributed by atoms with Gasteiger partial charge in [-0.2, -0.15) is 10.1 Å². The molecule has 0 saturated carbocycles. The average Bonchev–Trinajstić information content (AvgIpc) is 2.81. The normalized spacial score (nSPS) is 21.7. The van der Waals surface area contributed by atoms with E-state index in [1.807, 2.05) is 0 Å². The van der Waals surface area contributed by atoms with Gasteiger partial charge in [0.15, 0.2) is 0 Å². The van der Waals surface area contributed by atoms with Gasteiger partial charge in [-0.1, -0.05) is 6.07 Å². The van der Waals surface area contributed by atoms with Gasteiger partial charge in [-0.25, -0.2) is 17.6 Å². The molecule has 8 heteroatoms. The maximum absolute atomic E-state index is 13.1. The van der Waals surface area contributed by atoms with E-state index in [2.05, 4.69) is 5.10 Å². The molecule has 1 aliphatic rings. The number of aryl methyl sites for hydroxylation is 2. The van der Waals surface area contributed by atoms with Crippen molar-refractivity contribution >= 4 is 11.6 Å². The molecule has 22 heavy (non-hydrogen) atoms. The molecule has 0 fully saturated rings. The third-order valence-electron chi connectivity index (χ3n) is 3.58. The van der Waals surface area contributed by atoms with Crippen LogP contribution >= 0.6 is 0 Å². The Balaban J connectivity index is 2.42. The summed E-state index contributed by atoms with van der Waals surface area (Å²) in [5.41, 5.74) is -2.41. The molecule has 4 nitrogen and oxygen atoms in total. The first-order chi connectivity index (χ1) is 10.2. The van der Waals surface area contributed by atoms with Crippen LogP contribution in [0.1, 0.15) is 27.9 Å². The van der Waals surface area contributed by atoms with Gasteiger partial charge in [0.25, 0.3) is 18.8 Å². The first kappa shape index (κ1) is 16.4. The fourth-order valence-electron chi connectivity index (χ4n) is 2.10. The fourth-order valence-corrected chi connectivity index (χ4v) is 2.10. The van der Waals surface area contributed by atoms with Gasteiger partial charge in [-0.3, -0.25) is 4.79 Å². The van der Waals surface area contributed by atoms with E-state index < -0.39 is 36.6 Å². The number of hydrogen-bond acceptors (Lipinski definition) is 3. The minimum absolute atomic E-state index is 0.0126. The smallest absolute Gasteiger partial charge is 0.287 e. The number of carbonyl (C=O) groups excluding carboxylic acids is 1. The van der Waals surface area contributed by atoms with E-state index in [4.69, 9.17) is 0 Å². The molecule has 2 rings (SSSR count). The predicted octanol–water partition coefficient (Wildman–Crippen LogP) is 2.72. The minimum Gasteiger partial charge on any atom is -0.364 e. The summed E-state index contributed by atoms with van der Waals surface area (Å²) in [4.78, 5) is 12.3. The number of halogens is 4. The summed E-state index contributed by atoms with van der Waals surface area (Å²) in [7, 11) is 0. The van der Waals surface area contributed by atoms with E-state index in [0.717, 1.165) is 11.1 Å². The molecule has 1 aromatic rings. The molecule has 0 saturated heterocycles. The van der Waals surface area contributed by atoms with E-state index in [1.54, 1.807) is 19.9 Å². The van der Waals surface area contributed by atoms with Crippen LogP contribution in [0.25, 0.3) is 0 Å². The molecule has 1 atom stereocenters. The van der Waals surface area contributed by atoms with Crippen LogP contribution in [-0.4, -0.2) is 40.3 Å². The first-order valence-electron chi connectivity index (χ1n) is 6.44. The van der Waals surface area contributed by atoms with Crippen LogP contribution in [0, 0.1) is 13.8 Å². The summed E-state index contributed by atoms with van der Waals surface area (Å²) in [5, 5.41) is 13.2. The lowest BCUT2D eigenvalue weighted by Crippen LogP contribution is -2.51. The first-order valence-corrected chi connectivity index (χ1v) is 6.44. The highest BCUT2D eigenvalue weighted by Crippen LogP contribution is 2.34. The largest absolute Gasteiger partial charge is 0.364 e. The van der Waals surface area contributed by atoms with E-state index in [9.17, 15) is 27.5 Å². The molecule has 0 unspecified atom stereocenters. The molecule has 0 radical (unpaired) electrons. The van der Waals surface area contributed by atoms with Crippen molar-refractivity contribution in [3.63, 3.8) is 0 Å². The highest BCUT2D eigenvalue weighted by Gasteiger charge is 2.53. The summed E-state index contributed by atoms with van der Waals surface area (Å²) in [6.07, 6.45) is -7.63. The number of hydrazone groups is 1. The van der Waals surface area contributed by atoms with Gasteiger partial charge < -0.3 is 5.11 Å². The molecule has 1 aromatic carbocycles. The summed E-state index contributed by atoms with van der Waals surface area (Å²) in [6, 6.07) is 4.39. The third kappa shape index (κ3) is 2.70. The maximum Gasteiger partial charge on any atom is 0.287 e. The third-order valence-corrected chi connectivity index (χ3v) is 3.58. The molecule has 0 aromatic heterocycles. The standard InChI is InChI=1S/C14H14F4N2O2/c1-7-3-4-9(5-8(7)2)12(21)20-14(22,13(17)18)6-10(19-20)11(15)16/h3-5,11,13,22H,6H2,1-2H3/t14-/m0/s1. The SMILES string of the molecule is Cc1ccc(C(=O)N2N=C(C(F)F)C[C@]2(O)C(F)F)cc1C. The van der Waals surface area contributed by atoms with Gasteiger partial charge in [0.05, 0.1) is 0 Å². The predicted molar refractivity (Wildman–Crippen MR) is 71.1 cm³/mol. The lowest BCUT2D eigenvalue weighted by atomic mass is 10.0. The van der Waals surface area contributed by atoms with Gasteiger partial charge in [-0.15, -0.1) is 0 Å². The van der Waals surface area contributed by atoms with Crippen molar-refractivity contribution < 1.29 is 27.5 Å². The Morgan fingerprint density at radius 2 is 1.91 bits per heavy atom. The summed E-state index contributed by atoms with van der Waals surface area (Å²) in [6.45, 7) is 3.51. The summed E-state index contributed by atoms with van der Waals surface area (Å²) >= 11 is 0. The van der Waals surface area contributed by atoms with Crippen LogP contribution in [0.2, 0.25) is 0 Å². The quantitative estimate of drug-likeness (QED) is 0.871. The highest BCUT2D eigenvalue weighted by molar-refractivity contribution is 5.99. The Morgan fingerprint density at radius 1 is 1.27 bits per heavy atom. The Labute approximate surface area is 124 Å². The fraction of sp³-hybridized carbons (Fsp3) is 0.429. The Bertz CT molecular complexity index is 633. The summed E-state index contributed by atoms with van der Waals surface area (Å²) < 4.78 is 51.5. The van der Waals surface area contributed by atoms with Crippen molar-refractivity contribution in [3.05, 3.63) is 34.9 Å². The number of nitrogens with zero attached hydrogens (tertiary/aromatic N) is 2. The second kappa shape index (κ2) is 5.68. The number of amides is 1. The lowest BCUT2D eigenvalue weighted by Gasteiger charge is -2.30. The van der Waals surface area contributed by atoms with Crippen molar-refractivity contribution in [2.75, 3.05) is 0 Å². The van der Waals surface area contributed by atoms with Crippen molar-refractivity contribution in [3.8, 4) is 0 Å². The Hall–Kier alpha value is -1.96. The number of alkyl halides is 4. The molecule has 1 heterocycles. The van der Waals surface area contributed by atoms with Gasteiger partial charge in [0, 0.05) is 12.0 Å². The van der Waals surface area contributed by atoms with Crippen LogP contribution in [0.3, 0.4) is 0 Å². The maximum atomic E-state index is 13.1. The number of benzene rings is 1. The molecule has 1 aliphatic heterocycles. The number of rotatable bonds is 3. The minimum atomic E-state index is -3.43. The molecule has 1 amide bonds. The molecule has 0 bridgehead atoms. The molecular weight excluding hydrogens is 304 g/mol. The van der Waals surface area contributed by atoms with E-state index in [1.165, 1.54) is 12.1 Å². The van der Waals surface area contributed by atoms with Crippen molar-refractivity contribution in [1.29, 1.82) is 0 Å². The van der Waals surface area contributed by atoms with Crippen LogP contribution in [0.15, 0.2) is 23.3 Å². The molecule has 120 valence electrons. The van der Waals surface area contributed by atoms with Gasteiger partial charge >= 0.3 is 0 Å². The second-order valence-corrected chi connectivity index (χ2v) is 5.16.